The van der Waals surface area contributed by atoms with E-state index in [1.807, 2.05) is 36.4 Å². The van der Waals surface area contributed by atoms with E-state index in [0.29, 0.717) is 11.4 Å². The lowest BCUT2D eigenvalue weighted by Crippen LogP contribution is -1.96. The Balaban J connectivity index is 1.94. The Morgan fingerprint density at radius 1 is 1.17 bits per heavy atom. The summed E-state index contributed by atoms with van der Waals surface area (Å²) < 4.78 is 1.02. The zero-order valence-electron chi connectivity index (χ0n) is 11.8. The fraction of sp³-hybridized carbons (Fsp3) is 0. The van der Waals surface area contributed by atoms with Gasteiger partial charge in [0, 0.05) is 11.3 Å². The number of rotatable bonds is 3. The summed E-state index contributed by atoms with van der Waals surface area (Å²) in [5.41, 5.74) is 11.4. The van der Waals surface area contributed by atoms with E-state index in [9.17, 15) is 0 Å². The third-order valence-corrected chi connectivity index (χ3v) is 4.10. The number of hydrazone groups is 1. The molecule has 23 heavy (non-hydrogen) atoms. The van der Waals surface area contributed by atoms with Crippen molar-refractivity contribution in [2.75, 3.05) is 11.2 Å². The largest absolute Gasteiger partial charge is 0.399 e. The first-order valence-corrected chi connectivity index (χ1v) is 7.41. The molecule has 2 aromatic carbocycles. The number of nitrogen functional groups attached to an aromatic ring is 1. The molecule has 7 heteroatoms. The standard InChI is InChI=1S/C16H10N6S/c17-8-13(9-18)22-21-12-3-1-2-10(6-12)16-20-14-5-4-11(19)7-15(14)23-16/h1-7,21H,19H2. The minimum atomic E-state index is -0.231. The molecule has 1 aromatic heterocycles. The van der Waals surface area contributed by atoms with E-state index in [1.165, 1.54) is 0 Å². The second-order valence-corrected chi connectivity index (χ2v) is 5.65. The van der Waals surface area contributed by atoms with Crippen LogP contribution >= 0.6 is 11.3 Å². The lowest BCUT2D eigenvalue weighted by Gasteiger charge is -2.02. The third kappa shape index (κ3) is 3.10. The van der Waals surface area contributed by atoms with Gasteiger partial charge in [0.15, 0.2) is 0 Å². The maximum atomic E-state index is 8.68. The van der Waals surface area contributed by atoms with Crippen LogP contribution in [-0.4, -0.2) is 10.7 Å². The molecule has 0 saturated heterocycles. The Bertz CT molecular complexity index is 974. The van der Waals surface area contributed by atoms with Crippen molar-refractivity contribution in [3.63, 3.8) is 0 Å². The first-order chi connectivity index (χ1) is 11.2. The molecule has 0 bridgehead atoms. The minimum absolute atomic E-state index is 0.231. The van der Waals surface area contributed by atoms with E-state index in [-0.39, 0.29) is 5.71 Å². The summed E-state index contributed by atoms with van der Waals surface area (Å²) in [6, 6.07) is 16.4. The van der Waals surface area contributed by atoms with Crippen LogP contribution in [0, 0.1) is 22.7 Å². The summed E-state index contributed by atoms with van der Waals surface area (Å²) in [6.07, 6.45) is 0. The first-order valence-electron chi connectivity index (χ1n) is 6.60. The number of aromatic nitrogens is 1. The Kier molecular flexibility index (Phi) is 3.88. The van der Waals surface area contributed by atoms with Crippen molar-refractivity contribution in [3.05, 3.63) is 42.5 Å². The molecule has 0 aliphatic rings. The van der Waals surface area contributed by atoms with E-state index in [1.54, 1.807) is 29.5 Å². The molecule has 0 aliphatic heterocycles. The van der Waals surface area contributed by atoms with Crippen LogP contribution in [0.1, 0.15) is 0 Å². The number of fused-ring (bicyclic) bond motifs is 1. The van der Waals surface area contributed by atoms with Crippen LogP contribution in [0.5, 0.6) is 0 Å². The molecule has 0 fully saturated rings. The van der Waals surface area contributed by atoms with Crippen molar-refractivity contribution in [3.8, 4) is 22.7 Å². The van der Waals surface area contributed by atoms with E-state index < -0.39 is 0 Å². The highest BCUT2D eigenvalue weighted by molar-refractivity contribution is 7.21. The number of anilines is 2. The van der Waals surface area contributed by atoms with Crippen molar-refractivity contribution < 1.29 is 0 Å². The van der Waals surface area contributed by atoms with Crippen molar-refractivity contribution >= 4 is 38.6 Å². The molecule has 6 nitrogen and oxygen atoms in total. The predicted octanol–water partition coefficient (Wildman–Crippen LogP) is 3.36. The Morgan fingerprint density at radius 3 is 2.78 bits per heavy atom. The lowest BCUT2D eigenvalue weighted by atomic mass is 10.2. The van der Waals surface area contributed by atoms with Gasteiger partial charge in [-0.1, -0.05) is 12.1 Å². The molecular formula is C16H10N6S. The number of nitrogens with zero attached hydrogens (tertiary/aromatic N) is 4. The zero-order valence-corrected chi connectivity index (χ0v) is 12.6. The average Bonchev–Trinajstić information content (AvgIpc) is 2.99. The van der Waals surface area contributed by atoms with Gasteiger partial charge < -0.3 is 5.73 Å². The molecule has 3 rings (SSSR count). The van der Waals surface area contributed by atoms with Crippen LogP contribution in [0.3, 0.4) is 0 Å². The quantitative estimate of drug-likeness (QED) is 0.437. The van der Waals surface area contributed by atoms with Crippen LogP contribution in [0.2, 0.25) is 0 Å². The van der Waals surface area contributed by atoms with Crippen molar-refractivity contribution in [2.45, 2.75) is 0 Å². The van der Waals surface area contributed by atoms with Gasteiger partial charge in [-0.15, -0.1) is 11.3 Å². The number of nitrogens with two attached hydrogens (primary N) is 1. The molecule has 3 aromatic rings. The van der Waals surface area contributed by atoms with Gasteiger partial charge in [-0.2, -0.15) is 15.6 Å². The molecule has 0 saturated carbocycles. The zero-order chi connectivity index (χ0) is 16.2. The highest BCUT2D eigenvalue weighted by atomic mass is 32.1. The molecule has 1 heterocycles. The second-order valence-electron chi connectivity index (χ2n) is 4.62. The number of nitriles is 2. The van der Waals surface area contributed by atoms with Gasteiger partial charge >= 0.3 is 0 Å². The van der Waals surface area contributed by atoms with Gasteiger partial charge in [-0.25, -0.2) is 4.98 Å². The second kappa shape index (κ2) is 6.14. The lowest BCUT2D eigenvalue weighted by molar-refractivity contribution is 1.34. The number of benzene rings is 2. The van der Waals surface area contributed by atoms with E-state index in [2.05, 4.69) is 15.5 Å². The minimum Gasteiger partial charge on any atom is -0.399 e. The molecule has 0 radical (unpaired) electrons. The molecule has 0 spiro atoms. The number of thiazole rings is 1. The summed E-state index contributed by atoms with van der Waals surface area (Å²) in [7, 11) is 0. The monoisotopic (exact) mass is 318 g/mol. The van der Waals surface area contributed by atoms with Gasteiger partial charge in [-0.05, 0) is 30.3 Å². The molecular weight excluding hydrogens is 308 g/mol. The van der Waals surface area contributed by atoms with Gasteiger partial charge in [0.2, 0.25) is 5.71 Å². The fourth-order valence-corrected chi connectivity index (χ4v) is 2.99. The molecule has 0 atom stereocenters. The molecule has 110 valence electrons. The van der Waals surface area contributed by atoms with Gasteiger partial charge in [0.25, 0.3) is 0 Å². The first kappa shape index (κ1) is 14.5. The highest BCUT2D eigenvalue weighted by Gasteiger charge is 2.07. The maximum Gasteiger partial charge on any atom is 0.237 e. The SMILES string of the molecule is N#CC(C#N)=NNc1cccc(-c2nc3ccc(N)cc3s2)c1. The average molecular weight is 318 g/mol. The van der Waals surface area contributed by atoms with Gasteiger partial charge in [0.05, 0.1) is 15.9 Å². The summed E-state index contributed by atoms with van der Waals surface area (Å²) in [5, 5.41) is 21.9. The van der Waals surface area contributed by atoms with Gasteiger partial charge in [-0.3, -0.25) is 5.43 Å². The normalized spacial score (nSPS) is 9.83. The molecule has 3 N–H and O–H groups in total. The van der Waals surface area contributed by atoms with Crippen LogP contribution in [-0.2, 0) is 0 Å². The van der Waals surface area contributed by atoms with Crippen molar-refractivity contribution in [1.82, 2.24) is 4.98 Å². The van der Waals surface area contributed by atoms with E-state index >= 15 is 0 Å². The van der Waals surface area contributed by atoms with Crippen LogP contribution in [0.25, 0.3) is 20.8 Å². The summed E-state index contributed by atoms with van der Waals surface area (Å²) in [4.78, 5) is 4.59. The van der Waals surface area contributed by atoms with Crippen molar-refractivity contribution in [1.29, 1.82) is 10.5 Å². The molecule has 0 amide bonds. The molecule has 0 aliphatic carbocycles. The fourth-order valence-electron chi connectivity index (χ4n) is 1.98. The maximum absolute atomic E-state index is 8.68. The van der Waals surface area contributed by atoms with Crippen molar-refractivity contribution in [2.24, 2.45) is 5.10 Å². The smallest absolute Gasteiger partial charge is 0.237 e. The number of nitrogens with one attached hydrogen (secondary N) is 1. The predicted molar refractivity (Wildman–Crippen MR) is 91.8 cm³/mol. The topological polar surface area (TPSA) is 111 Å². The number of hydrogen-bond donors (Lipinski definition) is 2. The van der Waals surface area contributed by atoms with E-state index in [0.717, 1.165) is 20.8 Å². The summed E-state index contributed by atoms with van der Waals surface area (Å²) >= 11 is 1.55. The third-order valence-electron chi connectivity index (χ3n) is 3.03. The van der Waals surface area contributed by atoms with Crippen LogP contribution < -0.4 is 11.2 Å². The summed E-state index contributed by atoms with van der Waals surface area (Å²) in [6.45, 7) is 0. The Hall–Kier alpha value is -3.42. The highest BCUT2D eigenvalue weighted by Crippen LogP contribution is 2.32. The number of hydrogen-bond acceptors (Lipinski definition) is 7. The summed E-state index contributed by atoms with van der Waals surface area (Å²) in [5.74, 6) is 0. The van der Waals surface area contributed by atoms with Crippen LogP contribution in [0.15, 0.2) is 47.6 Å². The van der Waals surface area contributed by atoms with Crippen LogP contribution in [0.4, 0.5) is 11.4 Å². The molecule has 0 unspecified atom stereocenters. The van der Waals surface area contributed by atoms with E-state index in [4.69, 9.17) is 16.3 Å². The van der Waals surface area contributed by atoms with Gasteiger partial charge in [0.1, 0.15) is 17.1 Å². The Labute approximate surface area is 136 Å². The Morgan fingerprint density at radius 2 is 2.00 bits per heavy atom.